The average molecular weight is 348 g/mol. The van der Waals surface area contributed by atoms with Crippen molar-refractivity contribution in [3.05, 3.63) is 45.7 Å². The van der Waals surface area contributed by atoms with E-state index in [1.54, 1.807) is 4.68 Å². The van der Waals surface area contributed by atoms with Gasteiger partial charge in [0.1, 0.15) is 10.9 Å². The maximum absolute atomic E-state index is 12.7. The van der Waals surface area contributed by atoms with Gasteiger partial charge in [0.15, 0.2) is 0 Å². The van der Waals surface area contributed by atoms with Crippen LogP contribution < -0.4 is 10.1 Å². The first kappa shape index (κ1) is 16.8. The van der Waals surface area contributed by atoms with E-state index < -0.39 is 0 Å². The van der Waals surface area contributed by atoms with Crippen molar-refractivity contribution in [3.8, 4) is 5.75 Å². The van der Waals surface area contributed by atoms with E-state index in [-0.39, 0.29) is 11.9 Å². The molecule has 1 atom stereocenters. The Kier molecular flexibility index (Phi) is 4.81. The van der Waals surface area contributed by atoms with Gasteiger partial charge in [-0.3, -0.25) is 9.48 Å². The third kappa shape index (κ3) is 2.88. The maximum Gasteiger partial charge on any atom is 0.256 e. The van der Waals surface area contributed by atoms with Gasteiger partial charge in [-0.2, -0.15) is 5.10 Å². The minimum Gasteiger partial charge on any atom is -0.494 e. The van der Waals surface area contributed by atoms with E-state index in [1.807, 2.05) is 32.9 Å². The quantitative estimate of drug-likeness (QED) is 0.897. The normalized spacial score (nSPS) is 16.1. The number of carbonyl (C=O) groups excluding carboxylic acids is 1. The number of aromatic nitrogens is 2. The summed E-state index contributed by atoms with van der Waals surface area (Å²) in [7, 11) is 0. The van der Waals surface area contributed by atoms with Crippen LogP contribution in [0.3, 0.4) is 0 Å². The Bertz CT molecular complexity index is 770. The van der Waals surface area contributed by atoms with Gasteiger partial charge in [-0.25, -0.2) is 0 Å². The molecule has 0 radical (unpaired) electrons. The molecule has 1 N–H and O–H groups in total. The average Bonchev–Trinajstić information content (AvgIpc) is 3.09. The third-order valence-electron chi connectivity index (χ3n) is 4.42. The number of benzene rings is 1. The SMILES string of the molecule is CCOc1cccc2c1CC[C@@H]2NC(=O)c1c(C)nn(CC)c1Cl. The smallest absolute Gasteiger partial charge is 0.256 e. The number of amides is 1. The van der Waals surface area contributed by atoms with Crippen LogP contribution in [0.1, 0.15) is 53.5 Å². The van der Waals surface area contributed by atoms with Gasteiger partial charge < -0.3 is 10.1 Å². The Balaban J connectivity index is 1.83. The van der Waals surface area contributed by atoms with E-state index in [2.05, 4.69) is 16.5 Å². The van der Waals surface area contributed by atoms with E-state index in [0.29, 0.717) is 29.6 Å². The number of aryl methyl sites for hydroxylation is 2. The van der Waals surface area contributed by atoms with Gasteiger partial charge >= 0.3 is 0 Å². The topological polar surface area (TPSA) is 56.1 Å². The summed E-state index contributed by atoms with van der Waals surface area (Å²) < 4.78 is 7.34. The Morgan fingerprint density at radius 3 is 2.92 bits per heavy atom. The minimum absolute atomic E-state index is 0.0200. The van der Waals surface area contributed by atoms with Crippen molar-refractivity contribution in [2.75, 3.05) is 6.61 Å². The van der Waals surface area contributed by atoms with Crippen molar-refractivity contribution in [2.24, 2.45) is 0 Å². The molecule has 1 aliphatic rings. The number of nitrogens with one attached hydrogen (secondary N) is 1. The molecule has 1 heterocycles. The van der Waals surface area contributed by atoms with Gasteiger partial charge in [0, 0.05) is 6.54 Å². The van der Waals surface area contributed by atoms with Gasteiger partial charge in [0.25, 0.3) is 5.91 Å². The van der Waals surface area contributed by atoms with Gasteiger partial charge in [0.05, 0.1) is 23.9 Å². The van der Waals surface area contributed by atoms with Crippen LogP contribution in [0.25, 0.3) is 0 Å². The number of hydrogen-bond donors (Lipinski definition) is 1. The molecular formula is C18H22ClN3O2. The molecule has 0 saturated carbocycles. The summed E-state index contributed by atoms with van der Waals surface area (Å²) in [5, 5.41) is 7.82. The molecule has 3 rings (SSSR count). The fraction of sp³-hybridized carbons (Fsp3) is 0.444. The molecule has 1 aromatic heterocycles. The fourth-order valence-corrected chi connectivity index (χ4v) is 3.69. The largest absolute Gasteiger partial charge is 0.494 e. The number of fused-ring (bicyclic) bond motifs is 1. The van der Waals surface area contributed by atoms with Crippen molar-refractivity contribution in [3.63, 3.8) is 0 Å². The van der Waals surface area contributed by atoms with E-state index in [4.69, 9.17) is 16.3 Å². The van der Waals surface area contributed by atoms with Crippen LogP contribution in [-0.2, 0) is 13.0 Å². The zero-order chi connectivity index (χ0) is 17.3. The predicted molar refractivity (Wildman–Crippen MR) is 93.8 cm³/mol. The van der Waals surface area contributed by atoms with Crippen LogP contribution in [0.5, 0.6) is 5.75 Å². The van der Waals surface area contributed by atoms with Crippen LogP contribution in [0.2, 0.25) is 5.15 Å². The molecule has 128 valence electrons. The summed E-state index contributed by atoms with van der Waals surface area (Å²) in [6.45, 7) is 7.00. The van der Waals surface area contributed by atoms with Crippen LogP contribution in [0, 0.1) is 6.92 Å². The Labute approximate surface area is 147 Å². The lowest BCUT2D eigenvalue weighted by Gasteiger charge is -2.15. The second-order valence-corrected chi connectivity index (χ2v) is 6.25. The van der Waals surface area contributed by atoms with Crippen LogP contribution in [0.4, 0.5) is 0 Å². The van der Waals surface area contributed by atoms with Crippen molar-refractivity contribution >= 4 is 17.5 Å². The zero-order valence-corrected chi connectivity index (χ0v) is 15.0. The standard InChI is InChI=1S/C18H22ClN3O2/c1-4-22-17(19)16(11(3)21-22)18(23)20-14-10-9-13-12(14)7-6-8-15(13)24-5-2/h6-8,14H,4-5,9-10H2,1-3H3,(H,20,23)/t14-/m0/s1. The molecule has 1 aliphatic carbocycles. The number of hydrogen-bond acceptors (Lipinski definition) is 3. The molecule has 0 unspecified atom stereocenters. The lowest BCUT2D eigenvalue weighted by atomic mass is 10.1. The monoisotopic (exact) mass is 347 g/mol. The van der Waals surface area contributed by atoms with Crippen molar-refractivity contribution in [2.45, 2.75) is 46.2 Å². The maximum atomic E-state index is 12.7. The highest BCUT2D eigenvalue weighted by molar-refractivity contribution is 6.33. The molecule has 2 aromatic rings. The van der Waals surface area contributed by atoms with Crippen molar-refractivity contribution in [1.82, 2.24) is 15.1 Å². The highest BCUT2D eigenvalue weighted by atomic mass is 35.5. The van der Waals surface area contributed by atoms with Crippen LogP contribution in [0.15, 0.2) is 18.2 Å². The molecule has 0 fully saturated rings. The lowest BCUT2D eigenvalue weighted by molar-refractivity contribution is 0.0936. The lowest BCUT2D eigenvalue weighted by Crippen LogP contribution is -2.27. The van der Waals surface area contributed by atoms with Crippen molar-refractivity contribution in [1.29, 1.82) is 0 Å². The van der Waals surface area contributed by atoms with Gasteiger partial charge in [0.2, 0.25) is 0 Å². The zero-order valence-electron chi connectivity index (χ0n) is 14.2. The predicted octanol–water partition coefficient (Wildman–Crippen LogP) is 3.68. The summed E-state index contributed by atoms with van der Waals surface area (Å²) in [5.41, 5.74) is 3.44. The summed E-state index contributed by atoms with van der Waals surface area (Å²) in [4.78, 5) is 12.7. The number of ether oxygens (including phenoxy) is 1. The Morgan fingerprint density at radius 2 is 2.25 bits per heavy atom. The second-order valence-electron chi connectivity index (χ2n) is 5.89. The van der Waals surface area contributed by atoms with Gasteiger partial charge in [-0.15, -0.1) is 0 Å². The van der Waals surface area contributed by atoms with E-state index >= 15 is 0 Å². The van der Waals surface area contributed by atoms with Gasteiger partial charge in [-0.1, -0.05) is 23.7 Å². The highest BCUT2D eigenvalue weighted by Gasteiger charge is 2.29. The van der Waals surface area contributed by atoms with Crippen molar-refractivity contribution < 1.29 is 9.53 Å². The number of rotatable bonds is 5. The molecular weight excluding hydrogens is 326 g/mol. The molecule has 1 amide bonds. The first-order valence-electron chi connectivity index (χ1n) is 8.35. The third-order valence-corrected chi connectivity index (χ3v) is 4.81. The molecule has 1 aromatic carbocycles. The number of carbonyl (C=O) groups is 1. The number of halogens is 1. The Morgan fingerprint density at radius 1 is 1.46 bits per heavy atom. The molecule has 5 nitrogen and oxygen atoms in total. The van der Waals surface area contributed by atoms with Crippen LogP contribution >= 0.6 is 11.6 Å². The first-order valence-corrected chi connectivity index (χ1v) is 8.72. The highest BCUT2D eigenvalue weighted by Crippen LogP contribution is 2.37. The van der Waals surface area contributed by atoms with E-state index in [1.165, 1.54) is 5.56 Å². The number of nitrogens with zero attached hydrogens (tertiary/aromatic N) is 2. The molecule has 6 heteroatoms. The second kappa shape index (κ2) is 6.85. The Hall–Kier alpha value is -2.01. The van der Waals surface area contributed by atoms with Gasteiger partial charge in [-0.05, 0) is 50.8 Å². The van der Waals surface area contributed by atoms with E-state index in [9.17, 15) is 4.79 Å². The molecule has 0 aliphatic heterocycles. The summed E-state index contributed by atoms with van der Waals surface area (Å²) in [6, 6.07) is 5.99. The molecule has 0 bridgehead atoms. The minimum atomic E-state index is -0.170. The molecule has 0 saturated heterocycles. The van der Waals surface area contributed by atoms with Crippen LogP contribution in [-0.4, -0.2) is 22.3 Å². The molecule has 24 heavy (non-hydrogen) atoms. The summed E-state index contributed by atoms with van der Waals surface area (Å²) in [6.07, 6.45) is 1.77. The fourth-order valence-electron chi connectivity index (χ4n) is 3.31. The summed E-state index contributed by atoms with van der Waals surface area (Å²) in [5.74, 6) is 0.747. The molecule has 0 spiro atoms. The summed E-state index contributed by atoms with van der Waals surface area (Å²) >= 11 is 6.30. The van der Waals surface area contributed by atoms with E-state index in [0.717, 1.165) is 24.2 Å². The first-order chi connectivity index (χ1) is 11.6.